The van der Waals surface area contributed by atoms with Crippen LogP contribution in [0.3, 0.4) is 0 Å². The van der Waals surface area contributed by atoms with Crippen molar-refractivity contribution < 1.29 is 9.59 Å². The number of nitrogens with zero attached hydrogens (tertiary/aromatic N) is 2. The highest BCUT2D eigenvalue weighted by atomic mass is 32.1. The van der Waals surface area contributed by atoms with E-state index in [1.807, 2.05) is 10.3 Å². The summed E-state index contributed by atoms with van der Waals surface area (Å²) in [7, 11) is 0. The van der Waals surface area contributed by atoms with Crippen LogP contribution in [0.1, 0.15) is 56.4 Å². The Kier molecular flexibility index (Phi) is 6.24. The number of carbonyl (C=O) groups is 2. The number of carbonyl (C=O) groups excluding carboxylic acids is 2. The quantitative estimate of drug-likeness (QED) is 0.832. The Balaban J connectivity index is 1.50. The number of thiazole rings is 1. The van der Waals surface area contributed by atoms with Crippen LogP contribution in [-0.4, -0.2) is 40.8 Å². The number of piperidine rings is 1. The molecule has 1 aliphatic heterocycles. The van der Waals surface area contributed by atoms with Crippen LogP contribution in [-0.2, 0) is 16.0 Å². The van der Waals surface area contributed by atoms with E-state index in [1.54, 1.807) is 17.5 Å². The van der Waals surface area contributed by atoms with Gasteiger partial charge < -0.3 is 10.2 Å². The summed E-state index contributed by atoms with van der Waals surface area (Å²) in [6.07, 6.45) is 10.9. The number of hydrogen-bond acceptors (Lipinski definition) is 4. The largest absolute Gasteiger partial charge is 0.355 e. The summed E-state index contributed by atoms with van der Waals surface area (Å²) >= 11 is 1.62. The van der Waals surface area contributed by atoms with E-state index < -0.39 is 0 Å². The maximum atomic E-state index is 12.5. The molecular formula is C18H27N3O2S. The van der Waals surface area contributed by atoms with Gasteiger partial charge in [0.15, 0.2) is 0 Å². The highest BCUT2D eigenvalue weighted by Crippen LogP contribution is 2.27. The molecule has 1 unspecified atom stereocenters. The lowest BCUT2D eigenvalue weighted by Crippen LogP contribution is -2.50. The van der Waals surface area contributed by atoms with Gasteiger partial charge in [0.2, 0.25) is 11.8 Å². The lowest BCUT2D eigenvalue weighted by molar-refractivity contribution is -0.141. The minimum Gasteiger partial charge on any atom is -0.355 e. The van der Waals surface area contributed by atoms with E-state index in [1.165, 1.54) is 25.7 Å². The molecule has 0 radical (unpaired) electrons. The molecule has 0 bridgehead atoms. The monoisotopic (exact) mass is 349 g/mol. The van der Waals surface area contributed by atoms with Crippen molar-refractivity contribution in [1.29, 1.82) is 0 Å². The molecule has 6 heteroatoms. The average Bonchev–Trinajstić information content (AvgIpc) is 2.96. The van der Waals surface area contributed by atoms with Crippen LogP contribution in [0.5, 0.6) is 0 Å². The lowest BCUT2D eigenvalue weighted by atomic mass is 9.93. The van der Waals surface area contributed by atoms with Crippen LogP contribution in [0.4, 0.5) is 0 Å². The van der Waals surface area contributed by atoms with Gasteiger partial charge in [-0.2, -0.15) is 0 Å². The molecule has 3 rings (SSSR count). The maximum Gasteiger partial charge on any atom is 0.224 e. The van der Waals surface area contributed by atoms with Crippen LogP contribution in [0.2, 0.25) is 0 Å². The van der Waals surface area contributed by atoms with Crippen molar-refractivity contribution in [2.24, 2.45) is 5.92 Å². The molecule has 1 N–H and O–H groups in total. The first kappa shape index (κ1) is 17.4. The van der Waals surface area contributed by atoms with Gasteiger partial charge in [0.05, 0.1) is 10.9 Å². The highest BCUT2D eigenvalue weighted by molar-refractivity contribution is 7.09. The SMILES string of the molecule is O=C(NCCc1nccs1)C1CCC(=O)N(C2CCCCCC2)C1. The molecule has 0 spiro atoms. The van der Waals surface area contributed by atoms with Crippen LogP contribution in [0.15, 0.2) is 11.6 Å². The molecule has 2 aliphatic rings. The van der Waals surface area contributed by atoms with Crippen molar-refractivity contribution in [3.05, 3.63) is 16.6 Å². The number of rotatable bonds is 5. The van der Waals surface area contributed by atoms with Crippen LogP contribution in [0.25, 0.3) is 0 Å². The number of hydrogen-bond donors (Lipinski definition) is 1. The number of amides is 2. The summed E-state index contributed by atoms with van der Waals surface area (Å²) < 4.78 is 0. The molecule has 132 valence electrons. The summed E-state index contributed by atoms with van der Waals surface area (Å²) in [5.74, 6) is 0.286. The van der Waals surface area contributed by atoms with E-state index in [9.17, 15) is 9.59 Å². The minimum atomic E-state index is -0.0535. The summed E-state index contributed by atoms with van der Waals surface area (Å²) in [4.78, 5) is 31.0. The van der Waals surface area contributed by atoms with Crippen molar-refractivity contribution in [1.82, 2.24) is 15.2 Å². The first-order chi connectivity index (χ1) is 11.7. The Morgan fingerprint density at radius 2 is 2.04 bits per heavy atom. The maximum absolute atomic E-state index is 12.5. The second-order valence-corrected chi connectivity index (χ2v) is 7.87. The molecule has 0 aromatic carbocycles. The molecule has 1 saturated carbocycles. The summed E-state index contributed by atoms with van der Waals surface area (Å²) in [6, 6.07) is 0.353. The van der Waals surface area contributed by atoms with Crippen molar-refractivity contribution in [3.63, 3.8) is 0 Å². The molecule has 5 nitrogen and oxygen atoms in total. The third kappa shape index (κ3) is 4.56. The first-order valence-electron chi connectivity index (χ1n) is 9.19. The van der Waals surface area contributed by atoms with Gasteiger partial charge in [0.25, 0.3) is 0 Å². The zero-order valence-electron chi connectivity index (χ0n) is 14.2. The molecule has 24 heavy (non-hydrogen) atoms. The fourth-order valence-corrected chi connectivity index (χ4v) is 4.44. The molecule has 2 fully saturated rings. The van der Waals surface area contributed by atoms with Crippen LogP contribution >= 0.6 is 11.3 Å². The van der Waals surface area contributed by atoms with Crippen molar-refractivity contribution in [2.75, 3.05) is 13.1 Å². The van der Waals surface area contributed by atoms with Gasteiger partial charge in [-0.25, -0.2) is 4.98 Å². The van der Waals surface area contributed by atoms with E-state index in [0.717, 1.165) is 24.3 Å². The topological polar surface area (TPSA) is 62.3 Å². The number of aromatic nitrogens is 1. The van der Waals surface area contributed by atoms with Gasteiger partial charge in [0.1, 0.15) is 0 Å². The van der Waals surface area contributed by atoms with Crippen molar-refractivity contribution in [3.8, 4) is 0 Å². The van der Waals surface area contributed by atoms with E-state index in [4.69, 9.17) is 0 Å². The second-order valence-electron chi connectivity index (χ2n) is 6.89. The third-order valence-corrected chi connectivity index (χ3v) is 6.04. The Labute approximate surface area is 147 Å². The third-order valence-electron chi connectivity index (χ3n) is 5.20. The summed E-state index contributed by atoms with van der Waals surface area (Å²) in [5.41, 5.74) is 0. The molecule has 1 saturated heterocycles. The minimum absolute atomic E-state index is 0.0535. The van der Waals surface area contributed by atoms with Crippen molar-refractivity contribution >= 4 is 23.2 Å². The fourth-order valence-electron chi connectivity index (χ4n) is 3.82. The Hall–Kier alpha value is -1.43. The van der Waals surface area contributed by atoms with E-state index in [0.29, 0.717) is 32.0 Å². The number of nitrogens with one attached hydrogen (secondary N) is 1. The molecule has 1 aliphatic carbocycles. The van der Waals surface area contributed by atoms with E-state index >= 15 is 0 Å². The summed E-state index contributed by atoms with van der Waals surface area (Å²) in [5, 5.41) is 6.03. The molecule has 1 atom stereocenters. The zero-order chi connectivity index (χ0) is 16.8. The van der Waals surface area contributed by atoms with E-state index in [2.05, 4.69) is 10.3 Å². The van der Waals surface area contributed by atoms with Gasteiger partial charge in [-0.3, -0.25) is 9.59 Å². The first-order valence-corrected chi connectivity index (χ1v) is 10.1. The zero-order valence-corrected chi connectivity index (χ0v) is 15.0. The van der Waals surface area contributed by atoms with Crippen LogP contribution in [0, 0.1) is 5.92 Å². The molecule has 2 amide bonds. The lowest BCUT2D eigenvalue weighted by Gasteiger charge is -2.37. The normalized spacial score (nSPS) is 23.1. The van der Waals surface area contributed by atoms with E-state index in [-0.39, 0.29) is 17.7 Å². The molecule has 1 aromatic heterocycles. The smallest absolute Gasteiger partial charge is 0.224 e. The van der Waals surface area contributed by atoms with Gasteiger partial charge in [-0.1, -0.05) is 25.7 Å². The molecular weight excluding hydrogens is 322 g/mol. The Morgan fingerprint density at radius 3 is 2.75 bits per heavy atom. The predicted molar refractivity (Wildman–Crippen MR) is 94.8 cm³/mol. The van der Waals surface area contributed by atoms with Crippen LogP contribution < -0.4 is 5.32 Å². The highest BCUT2D eigenvalue weighted by Gasteiger charge is 2.34. The van der Waals surface area contributed by atoms with Gasteiger partial charge in [0, 0.05) is 43.5 Å². The van der Waals surface area contributed by atoms with Gasteiger partial charge in [-0.15, -0.1) is 11.3 Å². The fraction of sp³-hybridized carbons (Fsp3) is 0.722. The van der Waals surface area contributed by atoms with Gasteiger partial charge >= 0.3 is 0 Å². The Morgan fingerprint density at radius 1 is 1.25 bits per heavy atom. The number of likely N-dealkylation sites (tertiary alicyclic amines) is 1. The summed E-state index contributed by atoms with van der Waals surface area (Å²) in [6.45, 7) is 1.23. The van der Waals surface area contributed by atoms with Crippen molar-refractivity contribution in [2.45, 2.75) is 63.8 Å². The standard InChI is InChI=1S/C18H27N3O2S/c22-17-8-7-14(13-21(17)15-5-3-1-2-4-6-15)18(23)20-10-9-16-19-11-12-24-16/h11-12,14-15H,1-10,13H2,(H,20,23). The average molecular weight is 350 g/mol. The van der Waals surface area contributed by atoms with Gasteiger partial charge in [-0.05, 0) is 19.3 Å². The second kappa shape index (κ2) is 8.60. The predicted octanol–water partition coefficient (Wildman–Crippen LogP) is 2.76. The molecule has 1 aromatic rings. The Bertz CT molecular complexity index is 538. The molecule has 2 heterocycles.